The molecule has 1 aliphatic rings. The Bertz CT molecular complexity index is 802. The van der Waals surface area contributed by atoms with Gasteiger partial charge in [0, 0.05) is 13.1 Å². The second kappa shape index (κ2) is 5.77. The van der Waals surface area contributed by atoms with Crippen molar-refractivity contribution in [2.45, 2.75) is 44.0 Å². The highest BCUT2D eigenvalue weighted by atomic mass is 32.2. The monoisotopic (exact) mass is 329 g/mol. The summed E-state index contributed by atoms with van der Waals surface area (Å²) in [7, 11) is -3.43. The van der Waals surface area contributed by atoms with Crippen LogP contribution in [0.1, 0.15) is 37.5 Å². The van der Waals surface area contributed by atoms with Crippen molar-refractivity contribution >= 4 is 10.0 Å². The molecule has 0 bridgehead atoms. The zero-order chi connectivity index (χ0) is 16.7. The van der Waals surface area contributed by atoms with E-state index in [1.165, 1.54) is 5.56 Å². The zero-order valence-electron chi connectivity index (χ0n) is 13.9. The van der Waals surface area contributed by atoms with Crippen molar-refractivity contribution in [3.8, 4) is 0 Å². The summed E-state index contributed by atoms with van der Waals surface area (Å²) in [6, 6.07) is 15.4. The van der Waals surface area contributed by atoms with Crippen molar-refractivity contribution in [2.75, 3.05) is 6.54 Å². The third-order valence-corrected chi connectivity index (χ3v) is 6.31. The van der Waals surface area contributed by atoms with Gasteiger partial charge >= 0.3 is 0 Å². The minimum Gasteiger partial charge on any atom is -0.207 e. The van der Waals surface area contributed by atoms with Crippen LogP contribution < -0.4 is 0 Å². The van der Waals surface area contributed by atoms with E-state index in [1.807, 2.05) is 30.3 Å². The normalized spacial score (nSPS) is 16.1. The lowest BCUT2D eigenvalue weighted by atomic mass is 9.87. The Hall–Kier alpha value is -1.65. The molecule has 0 amide bonds. The van der Waals surface area contributed by atoms with Crippen molar-refractivity contribution in [3.05, 3.63) is 65.2 Å². The first kappa shape index (κ1) is 16.2. The molecule has 0 spiro atoms. The summed E-state index contributed by atoms with van der Waals surface area (Å²) in [6.45, 7) is 7.37. The minimum atomic E-state index is -3.43. The Kier molecular flexibility index (Phi) is 4.07. The fraction of sp³-hybridized carbons (Fsp3) is 0.368. The molecule has 0 radical (unpaired) electrons. The van der Waals surface area contributed by atoms with Gasteiger partial charge in [-0.25, -0.2) is 8.42 Å². The average molecular weight is 329 g/mol. The summed E-state index contributed by atoms with van der Waals surface area (Å²) < 4.78 is 27.4. The molecule has 3 nitrogen and oxygen atoms in total. The molecule has 0 N–H and O–H groups in total. The summed E-state index contributed by atoms with van der Waals surface area (Å²) in [4.78, 5) is 0.380. The number of benzene rings is 2. The highest BCUT2D eigenvalue weighted by Gasteiger charge is 2.28. The molecule has 0 saturated heterocycles. The molecule has 0 fully saturated rings. The van der Waals surface area contributed by atoms with Crippen molar-refractivity contribution in [1.82, 2.24) is 4.31 Å². The molecular weight excluding hydrogens is 306 g/mol. The number of rotatable bonds is 2. The predicted octanol–water partition coefficient (Wildman–Crippen LogP) is 3.73. The van der Waals surface area contributed by atoms with Gasteiger partial charge in [-0.15, -0.1) is 0 Å². The van der Waals surface area contributed by atoms with Crippen LogP contribution in [0.25, 0.3) is 0 Å². The summed E-state index contributed by atoms with van der Waals surface area (Å²) in [5.74, 6) is 0. The Morgan fingerprint density at radius 3 is 2.13 bits per heavy atom. The first-order chi connectivity index (χ1) is 10.8. The van der Waals surface area contributed by atoms with Crippen molar-refractivity contribution in [1.29, 1.82) is 0 Å². The number of hydrogen-bond donors (Lipinski definition) is 0. The second-order valence-corrected chi connectivity index (χ2v) is 9.07. The molecule has 0 aliphatic carbocycles. The van der Waals surface area contributed by atoms with Gasteiger partial charge in [0.2, 0.25) is 10.0 Å². The Balaban J connectivity index is 1.88. The third-order valence-electron chi connectivity index (χ3n) is 4.45. The lowest BCUT2D eigenvalue weighted by molar-refractivity contribution is 0.391. The topological polar surface area (TPSA) is 37.4 Å². The van der Waals surface area contributed by atoms with Gasteiger partial charge in [-0.3, -0.25) is 0 Å². The van der Waals surface area contributed by atoms with Gasteiger partial charge in [0.15, 0.2) is 0 Å². The van der Waals surface area contributed by atoms with E-state index in [0.717, 1.165) is 17.5 Å². The minimum absolute atomic E-state index is 0.0202. The molecule has 4 heteroatoms. The average Bonchev–Trinajstić information content (AvgIpc) is 2.53. The van der Waals surface area contributed by atoms with E-state index in [2.05, 4.69) is 26.8 Å². The Morgan fingerprint density at radius 2 is 1.52 bits per heavy atom. The van der Waals surface area contributed by atoms with Crippen LogP contribution in [0, 0.1) is 0 Å². The molecule has 122 valence electrons. The van der Waals surface area contributed by atoms with Crippen molar-refractivity contribution in [3.63, 3.8) is 0 Å². The molecule has 3 rings (SSSR count). The molecule has 0 atom stereocenters. The van der Waals surface area contributed by atoms with Gasteiger partial charge in [-0.05, 0) is 40.7 Å². The summed E-state index contributed by atoms with van der Waals surface area (Å²) in [5, 5.41) is 0. The number of hydrogen-bond acceptors (Lipinski definition) is 2. The molecule has 2 aromatic rings. The fourth-order valence-electron chi connectivity index (χ4n) is 2.95. The van der Waals surface area contributed by atoms with Crippen LogP contribution in [0.15, 0.2) is 53.4 Å². The molecule has 0 saturated carbocycles. The lowest BCUT2D eigenvalue weighted by Gasteiger charge is -2.28. The maximum Gasteiger partial charge on any atom is 0.243 e. The first-order valence-corrected chi connectivity index (χ1v) is 9.40. The number of sulfonamides is 1. The largest absolute Gasteiger partial charge is 0.243 e. The number of nitrogens with zero attached hydrogens (tertiary/aromatic N) is 1. The summed E-state index contributed by atoms with van der Waals surface area (Å²) in [5.41, 5.74) is 3.52. The highest BCUT2D eigenvalue weighted by molar-refractivity contribution is 7.89. The molecule has 2 aromatic carbocycles. The van der Waals surface area contributed by atoms with Crippen LogP contribution in [-0.4, -0.2) is 19.3 Å². The van der Waals surface area contributed by atoms with Crippen LogP contribution in [0.5, 0.6) is 0 Å². The van der Waals surface area contributed by atoms with Crippen LogP contribution in [0.3, 0.4) is 0 Å². The van der Waals surface area contributed by atoms with Gasteiger partial charge in [0.25, 0.3) is 0 Å². The van der Waals surface area contributed by atoms with Crippen LogP contribution >= 0.6 is 0 Å². The van der Waals surface area contributed by atoms with E-state index in [9.17, 15) is 8.42 Å². The first-order valence-electron chi connectivity index (χ1n) is 7.96. The van der Waals surface area contributed by atoms with E-state index in [4.69, 9.17) is 0 Å². The Morgan fingerprint density at radius 1 is 0.913 bits per heavy atom. The smallest absolute Gasteiger partial charge is 0.207 e. The number of fused-ring (bicyclic) bond motifs is 1. The van der Waals surface area contributed by atoms with Gasteiger partial charge in [-0.1, -0.05) is 57.2 Å². The van der Waals surface area contributed by atoms with Gasteiger partial charge in [0.1, 0.15) is 0 Å². The Labute approximate surface area is 139 Å². The summed E-state index contributed by atoms with van der Waals surface area (Å²) >= 11 is 0. The van der Waals surface area contributed by atoms with Crippen molar-refractivity contribution in [2.24, 2.45) is 0 Å². The second-order valence-electron chi connectivity index (χ2n) is 7.13. The molecule has 0 unspecified atom stereocenters. The third kappa shape index (κ3) is 3.19. The lowest BCUT2D eigenvalue weighted by Crippen LogP contribution is -2.35. The van der Waals surface area contributed by atoms with Crippen LogP contribution in [0.2, 0.25) is 0 Å². The van der Waals surface area contributed by atoms with Crippen molar-refractivity contribution < 1.29 is 8.42 Å². The zero-order valence-corrected chi connectivity index (χ0v) is 14.7. The van der Waals surface area contributed by atoms with Gasteiger partial charge < -0.3 is 0 Å². The molecule has 23 heavy (non-hydrogen) atoms. The maximum atomic E-state index is 12.9. The quantitative estimate of drug-likeness (QED) is 0.842. The maximum absolute atomic E-state index is 12.9. The van der Waals surface area contributed by atoms with Crippen LogP contribution in [0.4, 0.5) is 0 Å². The van der Waals surface area contributed by atoms with E-state index in [0.29, 0.717) is 18.0 Å². The van der Waals surface area contributed by atoms with Gasteiger partial charge in [0.05, 0.1) is 4.90 Å². The van der Waals surface area contributed by atoms with E-state index >= 15 is 0 Å². The fourth-order valence-corrected chi connectivity index (χ4v) is 4.37. The van der Waals surface area contributed by atoms with E-state index in [1.54, 1.807) is 16.4 Å². The van der Waals surface area contributed by atoms with Crippen LogP contribution in [-0.2, 0) is 28.4 Å². The van der Waals surface area contributed by atoms with E-state index in [-0.39, 0.29) is 5.41 Å². The standard InChI is InChI=1S/C19H23NO2S/c1-19(2,3)17-8-10-18(11-9-17)23(21,22)20-13-12-15-6-4-5-7-16(15)14-20/h4-11H,12-14H2,1-3H3. The molecule has 0 aromatic heterocycles. The van der Waals surface area contributed by atoms with E-state index < -0.39 is 10.0 Å². The summed E-state index contributed by atoms with van der Waals surface area (Å²) in [6.07, 6.45) is 0.773. The predicted molar refractivity (Wildman–Crippen MR) is 92.9 cm³/mol. The molecule has 1 heterocycles. The van der Waals surface area contributed by atoms with Gasteiger partial charge in [-0.2, -0.15) is 4.31 Å². The SMILES string of the molecule is CC(C)(C)c1ccc(S(=O)(=O)N2CCc3ccccc3C2)cc1. The molecule has 1 aliphatic heterocycles. The molecular formula is C19H23NO2S. The highest BCUT2D eigenvalue weighted by Crippen LogP contribution is 2.27.